The van der Waals surface area contributed by atoms with Gasteiger partial charge in [0.15, 0.2) is 5.78 Å². The number of aryl methyl sites for hydroxylation is 2. The summed E-state index contributed by atoms with van der Waals surface area (Å²) in [5.41, 5.74) is 2.43. The summed E-state index contributed by atoms with van der Waals surface area (Å²) >= 11 is 3.33. The van der Waals surface area contributed by atoms with E-state index in [-0.39, 0.29) is 35.4 Å². The number of rotatable bonds is 6. The molecule has 6 rings (SSSR count). The normalized spacial score (nSPS) is 21.2. The lowest BCUT2D eigenvalue weighted by atomic mass is 10.0. The standard InChI is InChI=1S/C30H28BrFN6O3/c1-15-5-8-24(31)35-28(15)36-29(41)22-10-30(4)11-23(30)38(22)25(40)14-37-21-7-6-18(19-12-33-17(3)34-13-19)9-20(21)26(16(2)39)27(37)32/h5-9,12-13,22-23H,10-11,14H2,1-4H3,(H,35,36,41)/t22-,23+,30-/m0/s1. The van der Waals surface area contributed by atoms with E-state index in [1.807, 2.05) is 13.0 Å². The first-order valence-corrected chi connectivity index (χ1v) is 14.1. The van der Waals surface area contributed by atoms with Crippen LogP contribution in [-0.4, -0.2) is 54.1 Å². The van der Waals surface area contributed by atoms with E-state index >= 15 is 4.39 Å². The van der Waals surface area contributed by atoms with Gasteiger partial charge < -0.3 is 14.8 Å². The smallest absolute Gasteiger partial charge is 0.248 e. The predicted molar refractivity (Wildman–Crippen MR) is 155 cm³/mol. The number of halogens is 2. The molecule has 4 heterocycles. The molecule has 11 heteroatoms. The van der Waals surface area contributed by atoms with Crippen LogP contribution in [0.25, 0.3) is 22.0 Å². The van der Waals surface area contributed by atoms with Crippen molar-refractivity contribution >= 4 is 50.2 Å². The van der Waals surface area contributed by atoms with Crippen molar-refractivity contribution in [2.24, 2.45) is 5.41 Å². The number of nitrogens with zero attached hydrogens (tertiary/aromatic N) is 5. The van der Waals surface area contributed by atoms with E-state index in [1.165, 1.54) is 11.5 Å². The van der Waals surface area contributed by atoms with Crippen molar-refractivity contribution in [3.63, 3.8) is 0 Å². The Morgan fingerprint density at radius 3 is 2.54 bits per heavy atom. The molecule has 0 spiro atoms. The van der Waals surface area contributed by atoms with Crippen molar-refractivity contribution in [1.82, 2.24) is 24.4 Å². The summed E-state index contributed by atoms with van der Waals surface area (Å²) in [5, 5.41) is 3.28. The van der Waals surface area contributed by atoms with E-state index in [4.69, 9.17) is 0 Å². The Morgan fingerprint density at radius 2 is 1.83 bits per heavy atom. The molecule has 3 aromatic heterocycles. The van der Waals surface area contributed by atoms with Gasteiger partial charge in [-0.15, -0.1) is 0 Å². The number of amides is 2. The minimum atomic E-state index is -0.772. The fourth-order valence-corrected chi connectivity index (χ4v) is 6.25. The Balaban J connectivity index is 1.32. The maximum absolute atomic E-state index is 15.8. The Morgan fingerprint density at radius 1 is 1.10 bits per heavy atom. The average Bonchev–Trinajstić information content (AvgIpc) is 3.36. The van der Waals surface area contributed by atoms with Gasteiger partial charge in [-0.05, 0) is 84.3 Å². The molecule has 2 amide bonds. The van der Waals surface area contributed by atoms with Crippen molar-refractivity contribution < 1.29 is 18.8 Å². The molecule has 4 aromatic rings. The summed E-state index contributed by atoms with van der Waals surface area (Å²) in [7, 11) is 0. The van der Waals surface area contributed by atoms with Crippen LogP contribution in [0.3, 0.4) is 0 Å². The van der Waals surface area contributed by atoms with Gasteiger partial charge in [0.25, 0.3) is 0 Å². The van der Waals surface area contributed by atoms with Crippen molar-refractivity contribution in [3.05, 3.63) is 70.2 Å². The molecule has 1 saturated carbocycles. The van der Waals surface area contributed by atoms with E-state index in [0.717, 1.165) is 23.1 Å². The number of piperidine rings is 1. The molecule has 41 heavy (non-hydrogen) atoms. The van der Waals surface area contributed by atoms with Gasteiger partial charge in [0.1, 0.15) is 28.8 Å². The van der Waals surface area contributed by atoms with Gasteiger partial charge >= 0.3 is 0 Å². The summed E-state index contributed by atoms with van der Waals surface area (Å²) in [4.78, 5) is 54.2. The highest BCUT2D eigenvalue weighted by Gasteiger charge is 2.64. The molecule has 210 valence electrons. The summed E-state index contributed by atoms with van der Waals surface area (Å²) < 4.78 is 17.7. The molecule has 1 saturated heterocycles. The molecular formula is C30H28BrFN6O3. The van der Waals surface area contributed by atoms with Crippen LogP contribution in [0, 0.1) is 25.2 Å². The number of aromatic nitrogens is 4. The number of hydrogen-bond acceptors (Lipinski definition) is 6. The van der Waals surface area contributed by atoms with Gasteiger partial charge in [-0.2, -0.15) is 4.39 Å². The third kappa shape index (κ3) is 4.71. The lowest BCUT2D eigenvalue weighted by Crippen LogP contribution is -2.47. The lowest BCUT2D eigenvalue weighted by Gasteiger charge is -2.27. The van der Waals surface area contributed by atoms with Gasteiger partial charge in [0.05, 0.1) is 11.1 Å². The highest BCUT2D eigenvalue weighted by Crippen LogP contribution is 2.59. The largest absolute Gasteiger partial charge is 0.326 e. The minimum absolute atomic E-state index is 0.0779. The van der Waals surface area contributed by atoms with Crippen LogP contribution in [-0.2, 0) is 16.1 Å². The Kier molecular flexibility index (Phi) is 6.52. The Labute approximate surface area is 244 Å². The third-order valence-electron chi connectivity index (χ3n) is 8.29. The highest BCUT2D eigenvalue weighted by molar-refractivity contribution is 9.10. The maximum atomic E-state index is 15.8. The van der Waals surface area contributed by atoms with Gasteiger partial charge in [0.2, 0.25) is 17.8 Å². The molecule has 3 atom stereocenters. The molecule has 1 N–H and O–H groups in total. The van der Waals surface area contributed by atoms with Crippen molar-refractivity contribution in [2.45, 2.75) is 59.2 Å². The number of likely N-dealkylation sites (tertiary alicyclic amines) is 1. The van der Waals surface area contributed by atoms with E-state index in [9.17, 15) is 14.4 Å². The summed E-state index contributed by atoms with van der Waals surface area (Å²) in [6, 6.07) is 8.02. The zero-order chi connectivity index (χ0) is 29.2. The lowest BCUT2D eigenvalue weighted by molar-refractivity contribution is -0.138. The van der Waals surface area contributed by atoms with E-state index in [2.05, 4.69) is 43.1 Å². The number of pyridine rings is 1. The fraction of sp³-hybridized carbons (Fsp3) is 0.333. The molecule has 0 unspecified atom stereocenters. The third-order valence-corrected chi connectivity index (χ3v) is 8.73. The quantitative estimate of drug-likeness (QED) is 0.234. The number of fused-ring (bicyclic) bond motifs is 2. The van der Waals surface area contributed by atoms with Crippen LogP contribution in [0.15, 0.2) is 47.3 Å². The van der Waals surface area contributed by atoms with Crippen LogP contribution >= 0.6 is 15.9 Å². The first-order chi connectivity index (χ1) is 19.5. The fourth-order valence-electron chi connectivity index (χ4n) is 5.94. The number of carbonyl (C=O) groups excluding carboxylic acids is 3. The highest BCUT2D eigenvalue weighted by atomic mass is 79.9. The molecule has 1 aromatic carbocycles. The summed E-state index contributed by atoms with van der Waals surface area (Å²) in [5.74, 6) is -0.874. The monoisotopic (exact) mass is 618 g/mol. The molecular weight excluding hydrogens is 591 g/mol. The van der Waals surface area contributed by atoms with Crippen LogP contribution in [0.1, 0.15) is 48.4 Å². The van der Waals surface area contributed by atoms with E-state index in [0.29, 0.717) is 33.6 Å². The Bertz CT molecular complexity index is 1750. The number of anilines is 1. The SMILES string of the molecule is CC(=O)c1c(F)n(CC(=O)N2[C@H](C(=O)Nc3nc(Br)ccc3C)C[C@@]3(C)C[C@@H]23)c2ccc(-c3cnc(C)nc3)cc12. The van der Waals surface area contributed by atoms with Crippen LogP contribution in [0.2, 0.25) is 0 Å². The maximum Gasteiger partial charge on any atom is 0.248 e. The first-order valence-electron chi connectivity index (χ1n) is 13.3. The van der Waals surface area contributed by atoms with Crippen LogP contribution in [0.4, 0.5) is 10.2 Å². The topological polar surface area (TPSA) is 110 Å². The second-order valence-electron chi connectivity index (χ2n) is 11.2. The second kappa shape index (κ2) is 9.83. The number of hydrogen-bond donors (Lipinski definition) is 1. The number of carbonyl (C=O) groups is 3. The number of Topliss-reactive ketones (excluding diaryl/α,β-unsaturated/α-hetero) is 1. The van der Waals surface area contributed by atoms with Crippen molar-refractivity contribution in [2.75, 3.05) is 5.32 Å². The first kappa shape index (κ1) is 27.2. The summed E-state index contributed by atoms with van der Waals surface area (Å²) in [6.45, 7) is 6.65. The molecule has 0 bridgehead atoms. The van der Waals surface area contributed by atoms with Crippen molar-refractivity contribution in [3.8, 4) is 11.1 Å². The number of ketones is 1. The van der Waals surface area contributed by atoms with Gasteiger partial charge in [-0.1, -0.05) is 19.1 Å². The molecule has 1 aliphatic heterocycles. The van der Waals surface area contributed by atoms with E-state index < -0.39 is 17.8 Å². The summed E-state index contributed by atoms with van der Waals surface area (Å²) in [6.07, 6.45) is 4.64. The van der Waals surface area contributed by atoms with Gasteiger partial charge in [0, 0.05) is 29.4 Å². The molecule has 0 radical (unpaired) electrons. The minimum Gasteiger partial charge on any atom is -0.326 e. The second-order valence-corrected chi connectivity index (χ2v) is 12.1. The molecule has 1 aliphatic carbocycles. The number of benzene rings is 1. The van der Waals surface area contributed by atoms with Crippen molar-refractivity contribution in [1.29, 1.82) is 0 Å². The predicted octanol–water partition coefficient (Wildman–Crippen LogP) is 5.23. The van der Waals surface area contributed by atoms with Gasteiger partial charge in [-0.3, -0.25) is 14.4 Å². The molecule has 2 aliphatic rings. The van der Waals surface area contributed by atoms with Gasteiger partial charge in [-0.25, -0.2) is 15.0 Å². The van der Waals surface area contributed by atoms with Crippen LogP contribution in [0.5, 0.6) is 0 Å². The zero-order valence-corrected chi connectivity index (χ0v) is 24.6. The zero-order valence-electron chi connectivity index (χ0n) is 23.0. The van der Waals surface area contributed by atoms with Crippen LogP contribution < -0.4 is 5.32 Å². The average molecular weight is 619 g/mol. The molecule has 9 nitrogen and oxygen atoms in total. The Hall–Kier alpha value is -3.99. The molecule has 2 fully saturated rings. The van der Waals surface area contributed by atoms with E-state index in [1.54, 1.807) is 48.5 Å². The number of nitrogens with one attached hydrogen (secondary N) is 1.